The van der Waals surface area contributed by atoms with Crippen molar-refractivity contribution in [3.8, 4) is 0 Å². The number of nitrogens with zero attached hydrogens (tertiary/aromatic N) is 1. The number of hydrogen-bond donors (Lipinski definition) is 1. The zero-order valence-electron chi connectivity index (χ0n) is 13.7. The molecule has 0 saturated heterocycles. The lowest BCUT2D eigenvalue weighted by Crippen LogP contribution is -2.23. The predicted molar refractivity (Wildman–Crippen MR) is 87.7 cm³/mol. The molecule has 2 aromatic rings. The molecule has 0 unspecified atom stereocenters. The molecule has 15 heteroatoms. The van der Waals surface area contributed by atoms with E-state index in [2.05, 4.69) is 0 Å². The summed E-state index contributed by atoms with van der Waals surface area (Å²) in [5, 5.41) is 23.8. The van der Waals surface area contributed by atoms with E-state index in [0.717, 1.165) is 6.07 Å². The van der Waals surface area contributed by atoms with Crippen LogP contribution >= 0.6 is 0 Å². The Morgan fingerprint density at radius 1 is 0.828 bits per heavy atom. The second-order valence-electron chi connectivity index (χ2n) is 5.37. The molecule has 0 radical (unpaired) electrons. The predicted octanol–water partition coefficient (Wildman–Crippen LogP) is -0.981. The number of rotatable bonds is 6. The smallest absolute Gasteiger partial charge is 0.271 e. The Kier molecular flexibility index (Phi) is 5.70. The topological polar surface area (TPSA) is 227 Å². The number of nitro groups is 1. The number of non-ortho nitro benzene ring substituents is 1. The molecule has 13 nitrogen and oxygen atoms in total. The second kappa shape index (κ2) is 7.55. The third kappa shape index (κ3) is 5.32. The van der Waals surface area contributed by atoms with E-state index in [9.17, 15) is 50.8 Å². The molecule has 0 atom stereocenters. The van der Waals surface area contributed by atoms with Crippen molar-refractivity contribution in [3.05, 3.63) is 57.6 Å². The summed E-state index contributed by atoms with van der Waals surface area (Å²) in [7, 11) is -10.3. The minimum atomic E-state index is -5.17. The van der Waals surface area contributed by atoms with E-state index in [-0.39, 0.29) is 0 Å². The lowest BCUT2D eigenvalue weighted by Gasteiger charge is -2.14. The molecule has 2 aromatic carbocycles. The summed E-state index contributed by atoms with van der Waals surface area (Å²) < 4.78 is 66.8. The Morgan fingerprint density at radius 3 is 1.83 bits per heavy atom. The van der Waals surface area contributed by atoms with E-state index >= 15 is 0 Å². The van der Waals surface area contributed by atoms with Crippen molar-refractivity contribution in [1.82, 2.24) is 0 Å². The minimum absolute atomic E-state index is 0.429. The summed E-state index contributed by atoms with van der Waals surface area (Å²) in [6.45, 7) is 0. The quantitative estimate of drug-likeness (QED) is 0.324. The molecule has 154 valence electrons. The van der Waals surface area contributed by atoms with E-state index < -0.39 is 69.3 Å². The first kappa shape index (κ1) is 21.9. The highest BCUT2D eigenvalue weighted by Gasteiger charge is 2.18. The zero-order chi connectivity index (χ0) is 22.1. The molecule has 0 heterocycles. The van der Waals surface area contributed by atoms with Gasteiger partial charge >= 0.3 is 0 Å². The van der Waals surface area contributed by atoms with Gasteiger partial charge < -0.3 is 24.3 Å². The van der Waals surface area contributed by atoms with Crippen LogP contribution in [0.25, 0.3) is 0 Å². The zero-order valence-corrected chi connectivity index (χ0v) is 15.4. The number of carbonyl (C=O) groups is 2. The number of anilines is 1. The van der Waals surface area contributed by atoms with Crippen LogP contribution in [0.5, 0.6) is 0 Å². The molecule has 2 rings (SSSR count). The van der Waals surface area contributed by atoms with Gasteiger partial charge in [0.15, 0.2) is 0 Å². The Labute approximate surface area is 162 Å². The van der Waals surface area contributed by atoms with Crippen molar-refractivity contribution >= 4 is 43.5 Å². The second-order valence-corrected chi connectivity index (χ2v) is 8.13. The fraction of sp³-hybridized carbons (Fsp3) is 0. The highest BCUT2D eigenvalue weighted by molar-refractivity contribution is 7.86. The number of hydrogen-bond acceptors (Lipinski definition) is 11. The van der Waals surface area contributed by atoms with Crippen LogP contribution in [0, 0.1) is 10.1 Å². The molecule has 1 N–H and O–H groups in total. The normalized spacial score (nSPS) is 11.7. The molecule has 0 aliphatic heterocycles. The number of benzene rings is 2. The van der Waals surface area contributed by atoms with Crippen LogP contribution in [0.3, 0.4) is 0 Å². The van der Waals surface area contributed by atoms with Crippen molar-refractivity contribution in [1.29, 1.82) is 0 Å². The van der Waals surface area contributed by atoms with Gasteiger partial charge in [-0.2, -0.15) is 0 Å². The lowest BCUT2D eigenvalue weighted by molar-refractivity contribution is -0.385. The molecule has 0 aliphatic rings. The fourth-order valence-corrected chi connectivity index (χ4v) is 3.18. The van der Waals surface area contributed by atoms with Crippen LogP contribution in [0.4, 0.5) is 11.4 Å². The van der Waals surface area contributed by atoms with Crippen LogP contribution in [0.15, 0.2) is 46.2 Å². The highest BCUT2D eigenvalue weighted by atomic mass is 32.2. The average molecular weight is 443 g/mol. The number of nitrogens with one attached hydrogen (secondary N) is 1. The molecule has 0 spiro atoms. The monoisotopic (exact) mass is 443 g/mol. The number of carboxylic acids is 1. The molecule has 0 saturated carbocycles. The summed E-state index contributed by atoms with van der Waals surface area (Å²) in [5.74, 6) is -3.13. The SMILES string of the molecule is O=C([O-])c1cc(NC(=O)c2cc([N+](=O)[O-])cc(S(=O)(=O)[O-])c2)cc(S(=O)(=O)[O-])c1. The summed E-state index contributed by atoms with van der Waals surface area (Å²) in [6, 6.07) is 3.40. The van der Waals surface area contributed by atoms with Gasteiger partial charge in [-0.1, -0.05) is 0 Å². The first-order valence-electron chi connectivity index (χ1n) is 7.07. The number of nitro benzene ring substituents is 1. The van der Waals surface area contributed by atoms with Crippen molar-refractivity contribution in [3.63, 3.8) is 0 Å². The van der Waals surface area contributed by atoms with Crippen LogP contribution in [0.1, 0.15) is 20.7 Å². The van der Waals surface area contributed by atoms with Gasteiger partial charge in [0.25, 0.3) is 11.6 Å². The largest absolute Gasteiger partial charge is 0.744 e. The van der Waals surface area contributed by atoms with E-state index in [1.165, 1.54) is 0 Å². The van der Waals surface area contributed by atoms with Gasteiger partial charge in [-0.05, 0) is 24.3 Å². The van der Waals surface area contributed by atoms with Gasteiger partial charge in [-0.15, -0.1) is 0 Å². The summed E-state index contributed by atoms with van der Waals surface area (Å²) in [6.07, 6.45) is 0. The number of carboxylic acid groups (broad SMARTS) is 1. The molecule has 0 aromatic heterocycles. The summed E-state index contributed by atoms with van der Waals surface area (Å²) in [5.41, 5.74) is -2.89. The van der Waals surface area contributed by atoms with Gasteiger partial charge in [0.2, 0.25) is 0 Å². The molecule has 0 bridgehead atoms. The van der Waals surface area contributed by atoms with E-state index in [4.69, 9.17) is 0 Å². The van der Waals surface area contributed by atoms with Gasteiger partial charge in [0.1, 0.15) is 20.2 Å². The van der Waals surface area contributed by atoms with Crippen molar-refractivity contribution < 1.29 is 45.6 Å². The molecule has 0 aliphatic carbocycles. The Balaban J connectivity index is 2.55. The number of amides is 1. The summed E-state index contributed by atoms with van der Waals surface area (Å²) in [4.78, 5) is 31.0. The van der Waals surface area contributed by atoms with Crippen LogP contribution in [-0.2, 0) is 20.2 Å². The Hall–Kier alpha value is -3.40. The van der Waals surface area contributed by atoms with Crippen molar-refractivity contribution in [2.45, 2.75) is 9.79 Å². The number of aromatic carboxylic acids is 1. The molecule has 29 heavy (non-hydrogen) atoms. The van der Waals surface area contributed by atoms with Crippen molar-refractivity contribution in [2.75, 3.05) is 5.32 Å². The van der Waals surface area contributed by atoms with E-state index in [1.54, 1.807) is 0 Å². The first-order chi connectivity index (χ1) is 13.2. The van der Waals surface area contributed by atoms with Crippen LogP contribution in [0.2, 0.25) is 0 Å². The van der Waals surface area contributed by atoms with Gasteiger partial charge in [0, 0.05) is 28.9 Å². The first-order valence-corrected chi connectivity index (χ1v) is 9.89. The van der Waals surface area contributed by atoms with Crippen LogP contribution in [-0.4, -0.2) is 42.7 Å². The third-order valence-electron chi connectivity index (χ3n) is 3.34. The molecular formula is C14H7N2O11S2-3. The minimum Gasteiger partial charge on any atom is -0.744 e. The van der Waals surface area contributed by atoms with Gasteiger partial charge in [0.05, 0.1) is 20.7 Å². The average Bonchev–Trinajstić information content (AvgIpc) is 2.59. The highest BCUT2D eigenvalue weighted by Crippen LogP contribution is 2.23. The maximum Gasteiger partial charge on any atom is 0.271 e. The van der Waals surface area contributed by atoms with Gasteiger partial charge in [-0.3, -0.25) is 14.9 Å². The summed E-state index contributed by atoms with van der Waals surface area (Å²) >= 11 is 0. The van der Waals surface area contributed by atoms with E-state index in [1.807, 2.05) is 5.32 Å². The maximum absolute atomic E-state index is 12.3. The molecule has 0 fully saturated rings. The standard InChI is InChI=1S/C14H10N2O11S2/c17-13(7-2-10(16(20)21)6-12(3-7)29(25,26)27)15-9-1-8(14(18)19)4-11(5-9)28(22,23)24/h1-6H,(H,15,17)(H,18,19)(H,22,23,24)(H,25,26,27)/p-3. The third-order valence-corrected chi connectivity index (χ3v) is 4.97. The van der Waals surface area contributed by atoms with Gasteiger partial charge in [-0.25, -0.2) is 16.8 Å². The fourth-order valence-electron chi connectivity index (χ4n) is 2.10. The lowest BCUT2D eigenvalue weighted by atomic mass is 10.1. The number of carbonyl (C=O) groups excluding carboxylic acids is 2. The van der Waals surface area contributed by atoms with Crippen LogP contribution < -0.4 is 10.4 Å². The van der Waals surface area contributed by atoms with Crippen molar-refractivity contribution in [2.24, 2.45) is 0 Å². The van der Waals surface area contributed by atoms with E-state index in [0.29, 0.717) is 30.3 Å². The Bertz CT molecular complexity index is 1250. The maximum atomic E-state index is 12.3. The molecular weight excluding hydrogens is 436 g/mol. The Morgan fingerprint density at radius 2 is 1.34 bits per heavy atom. The molecule has 1 amide bonds.